The molecule has 1 aliphatic rings. The Morgan fingerprint density at radius 1 is 1.12 bits per heavy atom. The minimum absolute atomic E-state index is 0.542. The molecule has 6 nitrogen and oxygen atoms in total. The molecule has 2 aromatic rings. The highest BCUT2D eigenvalue weighted by Crippen LogP contribution is 2.22. The number of methoxy groups -OCH3 is 1. The number of hydrogen-bond donors (Lipinski definition) is 1. The van der Waals surface area contributed by atoms with Gasteiger partial charge in [0.05, 0.1) is 13.7 Å². The minimum Gasteiger partial charge on any atom is -0.497 e. The van der Waals surface area contributed by atoms with E-state index in [4.69, 9.17) is 9.47 Å². The number of nitrogens with one attached hydrogen (secondary N) is 1. The van der Waals surface area contributed by atoms with Gasteiger partial charge in [-0.1, -0.05) is 6.92 Å². The molecule has 0 saturated carbocycles. The van der Waals surface area contributed by atoms with Gasteiger partial charge in [0.2, 0.25) is 5.95 Å². The molecule has 26 heavy (non-hydrogen) atoms. The van der Waals surface area contributed by atoms with Gasteiger partial charge in [0.15, 0.2) is 0 Å². The van der Waals surface area contributed by atoms with Gasteiger partial charge >= 0.3 is 0 Å². The van der Waals surface area contributed by atoms with Crippen molar-refractivity contribution in [1.29, 1.82) is 0 Å². The summed E-state index contributed by atoms with van der Waals surface area (Å²) in [6.45, 7) is 7.65. The summed E-state index contributed by atoms with van der Waals surface area (Å²) in [5.41, 5.74) is 0.979. The maximum atomic E-state index is 5.73. The number of anilines is 2. The third kappa shape index (κ3) is 5.00. The highest BCUT2D eigenvalue weighted by Gasteiger charge is 2.17. The Hall–Kier alpha value is -2.50. The average Bonchev–Trinajstić information content (AvgIpc) is 2.66. The maximum absolute atomic E-state index is 5.73. The summed E-state index contributed by atoms with van der Waals surface area (Å²) in [6.07, 6.45) is 2.45. The second-order valence-electron chi connectivity index (χ2n) is 6.81. The molecule has 0 amide bonds. The Morgan fingerprint density at radius 3 is 2.50 bits per heavy atom. The first-order chi connectivity index (χ1) is 12.6. The standard InChI is InChI=1S/C20H28N4O2/c1-15-8-11-24(12-9-15)19-14-16(2)22-20(23-19)21-10-13-26-18-6-4-17(25-3)5-7-18/h4-7,14-15H,8-13H2,1-3H3,(H,21,22,23). The Kier molecular flexibility index (Phi) is 6.15. The number of piperidine rings is 1. The molecule has 0 spiro atoms. The first-order valence-corrected chi connectivity index (χ1v) is 9.25. The van der Waals surface area contributed by atoms with Crippen LogP contribution in [0, 0.1) is 12.8 Å². The summed E-state index contributed by atoms with van der Waals surface area (Å²) in [5, 5.41) is 3.27. The SMILES string of the molecule is COc1ccc(OCCNc2nc(C)cc(N3CCC(C)CC3)n2)cc1. The van der Waals surface area contributed by atoms with Gasteiger partial charge in [-0.15, -0.1) is 0 Å². The summed E-state index contributed by atoms with van der Waals surface area (Å²) >= 11 is 0. The fraction of sp³-hybridized carbons (Fsp3) is 0.500. The molecule has 0 bridgehead atoms. The fourth-order valence-electron chi connectivity index (χ4n) is 3.03. The molecule has 1 aromatic heterocycles. The van der Waals surface area contributed by atoms with Crippen molar-refractivity contribution in [2.75, 3.05) is 43.6 Å². The summed E-state index contributed by atoms with van der Waals surface area (Å²) in [4.78, 5) is 11.5. The monoisotopic (exact) mass is 356 g/mol. The largest absolute Gasteiger partial charge is 0.497 e. The van der Waals surface area contributed by atoms with Crippen LogP contribution >= 0.6 is 0 Å². The predicted molar refractivity (Wildman–Crippen MR) is 104 cm³/mol. The van der Waals surface area contributed by atoms with E-state index in [0.717, 1.165) is 42.0 Å². The normalized spacial score (nSPS) is 15.0. The van der Waals surface area contributed by atoms with Gasteiger partial charge in [-0.25, -0.2) is 4.98 Å². The van der Waals surface area contributed by atoms with Gasteiger partial charge in [-0.3, -0.25) is 0 Å². The van der Waals surface area contributed by atoms with Crippen molar-refractivity contribution in [3.05, 3.63) is 36.0 Å². The van der Waals surface area contributed by atoms with E-state index in [0.29, 0.717) is 19.1 Å². The quantitative estimate of drug-likeness (QED) is 0.766. The van der Waals surface area contributed by atoms with Crippen molar-refractivity contribution >= 4 is 11.8 Å². The number of rotatable bonds is 7. The Labute approximate surface area is 155 Å². The first kappa shape index (κ1) is 18.3. The molecule has 1 aromatic carbocycles. The van der Waals surface area contributed by atoms with Crippen LogP contribution in [0.3, 0.4) is 0 Å². The number of benzene rings is 1. The first-order valence-electron chi connectivity index (χ1n) is 9.25. The van der Waals surface area contributed by atoms with Crippen LogP contribution in [0.1, 0.15) is 25.5 Å². The molecule has 0 unspecified atom stereocenters. The highest BCUT2D eigenvalue weighted by molar-refractivity contribution is 5.45. The van der Waals surface area contributed by atoms with Crippen LogP contribution in [0.4, 0.5) is 11.8 Å². The van der Waals surface area contributed by atoms with Crippen LogP contribution in [0.25, 0.3) is 0 Å². The van der Waals surface area contributed by atoms with E-state index in [9.17, 15) is 0 Å². The highest BCUT2D eigenvalue weighted by atomic mass is 16.5. The van der Waals surface area contributed by atoms with Crippen LogP contribution in [0.2, 0.25) is 0 Å². The van der Waals surface area contributed by atoms with Gasteiger partial charge in [-0.2, -0.15) is 4.98 Å². The van der Waals surface area contributed by atoms with Crippen LogP contribution < -0.4 is 19.7 Å². The van der Waals surface area contributed by atoms with Crippen molar-refractivity contribution in [2.24, 2.45) is 5.92 Å². The molecular weight excluding hydrogens is 328 g/mol. The topological polar surface area (TPSA) is 59.5 Å². The van der Waals surface area contributed by atoms with E-state index >= 15 is 0 Å². The number of aryl methyl sites for hydroxylation is 1. The lowest BCUT2D eigenvalue weighted by Crippen LogP contribution is -2.33. The average molecular weight is 356 g/mol. The maximum Gasteiger partial charge on any atom is 0.224 e. The van der Waals surface area contributed by atoms with Crippen molar-refractivity contribution in [3.8, 4) is 11.5 Å². The van der Waals surface area contributed by atoms with Gasteiger partial charge in [0, 0.05) is 24.8 Å². The summed E-state index contributed by atoms with van der Waals surface area (Å²) < 4.78 is 10.9. The zero-order chi connectivity index (χ0) is 18.4. The van der Waals surface area contributed by atoms with E-state index in [2.05, 4.69) is 33.2 Å². The van der Waals surface area contributed by atoms with E-state index < -0.39 is 0 Å². The summed E-state index contributed by atoms with van der Waals surface area (Å²) in [7, 11) is 1.65. The molecule has 1 N–H and O–H groups in total. The van der Waals surface area contributed by atoms with E-state index in [1.807, 2.05) is 31.2 Å². The van der Waals surface area contributed by atoms with Crippen molar-refractivity contribution in [3.63, 3.8) is 0 Å². The smallest absolute Gasteiger partial charge is 0.224 e. The van der Waals surface area contributed by atoms with Gasteiger partial charge in [0.1, 0.15) is 23.9 Å². The third-order valence-electron chi connectivity index (χ3n) is 4.66. The molecule has 0 radical (unpaired) electrons. The minimum atomic E-state index is 0.542. The van der Waals surface area contributed by atoms with Crippen LogP contribution in [0.5, 0.6) is 11.5 Å². The van der Waals surface area contributed by atoms with Crippen LogP contribution in [-0.2, 0) is 0 Å². The van der Waals surface area contributed by atoms with Gasteiger partial charge in [0.25, 0.3) is 0 Å². The van der Waals surface area contributed by atoms with E-state index in [1.54, 1.807) is 7.11 Å². The molecule has 0 aliphatic carbocycles. The number of ether oxygens (including phenoxy) is 2. The number of hydrogen-bond acceptors (Lipinski definition) is 6. The lowest BCUT2D eigenvalue weighted by molar-refractivity contribution is 0.331. The molecule has 0 atom stereocenters. The zero-order valence-corrected chi connectivity index (χ0v) is 15.9. The molecule has 140 valence electrons. The van der Waals surface area contributed by atoms with Crippen LogP contribution in [-0.4, -0.2) is 43.3 Å². The Morgan fingerprint density at radius 2 is 1.81 bits per heavy atom. The lowest BCUT2D eigenvalue weighted by atomic mass is 9.99. The second-order valence-corrected chi connectivity index (χ2v) is 6.81. The summed E-state index contributed by atoms with van der Waals surface area (Å²) in [6, 6.07) is 9.64. The van der Waals surface area contributed by atoms with Crippen molar-refractivity contribution in [2.45, 2.75) is 26.7 Å². The lowest BCUT2D eigenvalue weighted by Gasteiger charge is -2.31. The van der Waals surface area contributed by atoms with Gasteiger partial charge in [-0.05, 0) is 49.9 Å². The Balaban J connectivity index is 1.51. The number of aromatic nitrogens is 2. The summed E-state index contributed by atoms with van der Waals surface area (Å²) in [5.74, 6) is 4.13. The third-order valence-corrected chi connectivity index (χ3v) is 4.66. The van der Waals surface area contributed by atoms with E-state index in [-0.39, 0.29) is 0 Å². The second kappa shape index (κ2) is 8.74. The predicted octanol–water partition coefficient (Wildman–Crippen LogP) is 3.52. The van der Waals surface area contributed by atoms with Gasteiger partial charge < -0.3 is 19.7 Å². The number of nitrogens with zero attached hydrogens (tertiary/aromatic N) is 3. The molecule has 1 fully saturated rings. The molecule has 1 aliphatic heterocycles. The molecule has 2 heterocycles. The van der Waals surface area contributed by atoms with Crippen molar-refractivity contribution < 1.29 is 9.47 Å². The molecular formula is C20H28N4O2. The fourth-order valence-corrected chi connectivity index (χ4v) is 3.03. The zero-order valence-electron chi connectivity index (χ0n) is 15.9. The molecule has 3 rings (SSSR count). The van der Waals surface area contributed by atoms with Crippen LogP contribution in [0.15, 0.2) is 30.3 Å². The van der Waals surface area contributed by atoms with Crippen molar-refractivity contribution in [1.82, 2.24) is 9.97 Å². The molecule has 1 saturated heterocycles. The molecule has 6 heteroatoms. The Bertz CT molecular complexity index is 697. The van der Waals surface area contributed by atoms with E-state index in [1.165, 1.54) is 12.8 Å².